The molecule has 0 fully saturated rings. The minimum absolute atomic E-state index is 0.0950. The van der Waals surface area contributed by atoms with Crippen LogP contribution in [0.15, 0.2) is 120 Å². The van der Waals surface area contributed by atoms with E-state index in [4.69, 9.17) is 0 Å². The van der Waals surface area contributed by atoms with Gasteiger partial charge in [0.2, 0.25) is 11.0 Å². The highest BCUT2D eigenvalue weighted by molar-refractivity contribution is 8.00. The molecule has 0 aliphatic carbocycles. The number of anilines is 3. The van der Waals surface area contributed by atoms with E-state index in [2.05, 4.69) is 26.1 Å². The van der Waals surface area contributed by atoms with Crippen LogP contribution in [0, 0.1) is 6.92 Å². The van der Waals surface area contributed by atoms with Gasteiger partial charge in [-0.3, -0.25) is 19.7 Å². The Labute approximate surface area is 275 Å². The lowest BCUT2D eigenvalue weighted by atomic mass is 10.1. The number of aromatic nitrogens is 2. The van der Waals surface area contributed by atoms with E-state index in [1.807, 2.05) is 98.7 Å². The molecule has 11 heteroatoms. The third kappa shape index (κ3) is 8.68. The molecule has 0 saturated carbocycles. The van der Waals surface area contributed by atoms with Gasteiger partial charge >= 0.3 is 0 Å². The second-order valence-corrected chi connectivity index (χ2v) is 12.7. The molecule has 3 amide bonds. The molecule has 0 bridgehead atoms. The molecule has 5 aromatic rings. The highest BCUT2D eigenvalue weighted by Crippen LogP contribution is 2.37. The summed E-state index contributed by atoms with van der Waals surface area (Å²) in [7, 11) is 3.90. The minimum atomic E-state index is -0.549. The summed E-state index contributed by atoms with van der Waals surface area (Å²) < 4.78 is 0. The van der Waals surface area contributed by atoms with Gasteiger partial charge in [-0.1, -0.05) is 72.0 Å². The van der Waals surface area contributed by atoms with Crippen LogP contribution in [0.3, 0.4) is 0 Å². The van der Waals surface area contributed by atoms with E-state index in [9.17, 15) is 14.4 Å². The summed E-state index contributed by atoms with van der Waals surface area (Å²) in [6, 6.07) is 33.1. The van der Waals surface area contributed by atoms with Gasteiger partial charge in [0.05, 0.1) is 0 Å². The van der Waals surface area contributed by atoms with Crippen molar-refractivity contribution in [2.75, 3.05) is 29.6 Å². The second kappa shape index (κ2) is 15.2. The Hall–Kier alpha value is -5.26. The van der Waals surface area contributed by atoms with Crippen molar-refractivity contribution in [3.05, 3.63) is 137 Å². The van der Waals surface area contributed by atoms with Crippen molar-refractivity contribution in [2.45, 2.75) is 17.1 Å². The fourth-order valence-corrected chi connectivity index (χ4v) is 5.97. The highest BCUT2D eigenvalue weighted by Gasteiger charge is 2.23. The summed E-state index contributed by atoms with van der Waals surface area (Å²) >= 11 is 2.69. The molecular formula is C35H32N6O3S2. The maximum Gasteiger partial charge on any atom is 0.272 e. The van der Waals surface area contributed by atoms with Crippen molar-refractivity contribution in [1.82, 2.24) is 15.5 Å². The summed E-state index contributed by atoms with van der Waals surface area (Å²) in [5.74, 6) is -1.09. The van der Waals surface area contributed by atoms with E-state index < -0.39 is 17.1 Å². The van der Waals surface area contributed by atoms with Gasteiger partial charge in [0.15, 0.2) is 0 Å². The number of nitrogens with one attached hydrogen (secondary N) is 3. The molecule has 0 aliphatic heterocycles. The van der Waals surface area contributed by atoms with Crippen LogP contribution in [0.25, 0.3) is 6.08 Å². The van der Waals surface area contributed by atoms with Crippen molar-refractivity contribution in [3.63, 3.8) is 0 Å². The first-order valence-corrected chi connectivity index (χ1v) is 16.0. The average molecular weight is 649 g/mol. The third-order valence-electron chi connectivity index (χ3n) is 6.71. The molecule has 0 aliphatic rings. The van der Waals surface area contributed by atoms with Crippen LogP contribution in [0.2, 0.25) is 0 Å². The molecule has 1 aromatic heterocycles. The third-order valence-corrected chi connectivity index (χ3v) is 8.73. The van der Waals surface area contributed by atoms with Gasteiger partial charge in [0.1, 0.15) is 16.0 Å². The summed E-state index contributed by atoms with van der Waals surface area (Å²) in [4.78, 5) is 42.6. The van der Waals surface area contributed by atoms with Crippen LogP contribution in [-0.4, -0.2) is 42.0 Å². The number of thioether (sulfide) groups is 1. The zero-order chi connectivity index (χ0) is 32.5. The fourth-order valence-electron chi connectivity index (χ4n) is 4.35. The number of carbonyl (C=O) groups is 3. The Bertz CT molecular complexity index is 1820. The largest absolute Gasteiger partial charge is 0.378 e. The maximum atomic E-state index is 13.5. The van der Waals surface area contributed by atoms with Crippen molar-refractivity contribution in [3.8, 4) is 0 Å². The SMILES string of the molecule is Cc1nnc(NC(=O)C(Sc2ccc(NC(=O)/C(=C/c3ccc(N(C)C)cc3)NC(=O)c3ccccc3)cc2)c2ccccc2)s1. The maximum absolute atomic E-state index is 13.5. The molecule has 9 nitrogen and oxygen atoms in total. The predicted molar refractivity (Wildman–Crippen MR) is 186 cm³/mol. The smallest absolute Gasteiger partial charge is 0.272 e. The van der Waals surface area contributed by atoms with E-state index in [1.165, 1.54) is 23.1 Å². The lowest BCUT2D eigenvalue weighted by Crippen LogP contribution is -2.30. The molecule has 46 heavy (non-hydrogen) atoms. The molecule has 3 N–H and O–H groups in total. The fraction of sp³-hybridized carbons (Fsp3) is 0.114. The number of hydrogen-bond donors (Lipinski definition) is 3. The molecule has 1 unspecified atom stereocenters. The van der Waals surface area contributed by atoms with Gasteiger partial charge in [-0.2, -0.15) is 0 Å². The Balaban J connectivity index is 1.33. The molecule has 4 aromatic carbocycles. The van der Waals surface area contributed by atoms with Crippen LogP contribution in [0.1, 0.15) is 31.7 Å². The lowest BCUT2D eigenvalue weighted by Gasteiger charge is -2.16. The molecule has 1 atom stereocenters. The summed E-state index contributed by atoms with van der Waals surface area (Å²) in [5, 5.41) is 17.2. The molecule has 1 heterocycles. The van der Waals surface area contributed by atoms with Gasteiger partial charge in [-0.25, -0.2) is 0 Å². The molecule has 232 valence electrons. The van der Waals surface area contributed by atoms with E-state index >= 15 is 0 Å². The van der Waals surface area contributed by atoms with Crippen molar-refractivity contribution in [2.24, 2.45) is 0 Å². The first kappa shape index (κ1) is 32.1. The number of amides is 3. The zero-order valence-electron chi connectivity index (χ0n) is 25.4. The summed E-state index contributed by atoms with van der Waals surface area (Å²) in [5.41, 5.74) is 3.66. The van der Waals surface area contributed by atoms with Gasteiger partial charge in [-0.05, 0) is 72.7 Å². The number of hydrogen-bond acceptors (Lipinski definition) is 8. The molecule has 0 radical (unpaired) electrons. The van der Waals surface area contributed by atoms with Crippen LogP contribution in [-0.2, 0) is 9.59 Å². The Morgan fingerprint density at radius 3 is 2.07 bits per heavy atom. The lowest BCUT2D eigenvalue weighted by molar-refractivity contribution is -0.116. The normalized spacial score (nSPS) is 11.8. The number of benzene rings is 4. The monoisotopic (exact) mass is 648 g/mol. The van der Waals surface area contributed by atoms with Crippen molar-refractivity contribution < 1.29 is 14.4 Å². The first-order chi connectivity index (χ1) is 22.2. The van der Waals surface area contributed by atoms with Crippen LogP contribution >= 0.6 is 23.1 Å². The van der Waals surface area contributed by atoms with E-state index in [-0.39, 0.29) is 11.6 Å². The zero-order valence-corrected chi connectivity index (χ0v) is 27.1. The standard InChI is InChI=1S/C35H32N6O3S2/c1-23-39-40-35(45-23)38-34(44)31(25-10-6-4-7-11-25)46-29-20-16-27(17-21-29)36-33(43)30(37-32(42)26-12-8-5-9-13-26)22-24-14-18-28(19-15-24)41(2)3/h4-22,31H,1-3H3,(H,36,43)(H,37,42)(H,38,40,44)/b30-22-. The Morgan fingerprint density at radius 2 is 1.46 bits per heavy atom. The molecule has 0 saturated heterocycles. The van der Waals surface area contributed by atoms with E-state index in [0.29, 0.717) is 16.4 Å². The summed E-state index contributed by atoms with van der Waals surface area (Å²) in [6.07, 6.45) is 1.64. The minimum Gasteiger partial charge on any atom is -0.378 e. The van der Waals surface area contributed by atoms with Crippen molar-refractivity contribution >= 4 is 63.4 Å². The quantitative estimate of drug-likeness (QED) is 0.107. The van der Waals surface area contributed by atoms with Gasteiger partial charge in [0, 0.05) is 35.9 Å². The Morgan fingerprint density at radius 1 is 0.804 bits per heavy atom. The van der Waals surface area contributed by atoms with E-state index in [1.54, 1.807) is 42.5 Å². The topological polar surface area (TPSA) is 116 Å². The molecule has 0 spiro atoms. The second-order valence-electron chi connectivity index (χ2n) is 10.4. The van der Waals surface area contributed by atoms with Crippen molar-refractivity contribution in [1.29, 1.82) is 0 Å². The highest BCUT2D eigenvalue weighted by atomic mass is 32.2. The number of carbonyl (C=O) groups excluding carboxylic acids is 3. The van der Waals surface area contributed by atoms with Crippen LogP contribution in [0.4, 0.5) is 16.5 Å². The molecule has 5 rings (SSSR count). The van der Waals surface area contributed by atoms with E-state index in [0.717, 1.165) is 26.7 Å². The number of rotatable bonds is 11. The average Bonchev–Trinajstić information content (AvgIpc) is 3.48. The van der Waals surface area contributed by atoms with Gasteiger partial charge in [0.25, 0.3) is 11.8 Å². The predicted octanol–water partition coefficient (Wildman–Crippen LogP) is 6.79. The Kier molecular flexibility index (Phi) is 10.6. The van der Waals surface area contributed by atoms with Crippen LogP contribution < -0.4 is 20.9 Å². The first-order valence-electron chi connectivity index (χ1n) is 14.3. The van der Waals surface area contributed by atoms with Crippen LogP contribution in [0.5, 0.6) is 0 Å². The number of nitrogens with zero attached hydrogens (tertiary/aromatic N) is 3. The van der Waals surface area contributed by atoms with Gasteiger partial charge < -0.3 is 15.5 Å². The van der Waals surface area contributed by atoms with Gasteiger partial charge in [-0.15, -0.1) is 22.0 Å². The summed E-state index contributed by atoms with van der Waals surface area (Å²) in [6.45, 7) is 1.83. The number of aryl methyl sites for hydroxylation is 1. The molecular weight excluding hydrogens is 617 g/mol.